The number of aryl methyl sites for hydroxylation is 1. The predicted molar refractivity (Wildman–Crippen MR) is 123 cm³/mol. The Hall–Kier alpha value is -2.92. The van der Waals surface area contributed by atoms with Crippen molar-refractivity contribution in [3.05, 3.63) is 89.4 Å². The Kier molecular flexibility index (Phi) is 7.19. The van der Waals surface area contributed by atoms with E-state index in [2.05, 4.69) is 42.8 Å². The van der Waals surface area contributed by atoms with Crippen LogP contribution in [0.4, 0.5) is 5.69 Å². The Bertz CT molecular complexity index is 919. The fourth-order valence-corrected chi connectivity index (χ4v) is 3.98. The van der Waals surface area contributed by atoms with Gasteiger partial charge in [-0.15, -0.1) is 6.58 Å². The zero-order valence-electron chi connectivity index (χ0n) is 16.6. The second-order valence-corrected chi connectivity index (χ2v) is 7.78. The van der Waals surface area contributed by atoms with Crippen LogP contribution in [0.15, 0.2) is 72.7 Å². The van der Waals surface area contributed by atoms with Crippen LogP contribution in [0.2, 0.25) is 0 Å². The molecule has 1 fully saturated rings. The Labute approximate surface area is 176 Å². The smallest absolute Gasteiger partial charge is 0.260 e. The van der Waals surface area contributed by atoms with Crippen molar-refractivity contribution in [2.75, 3.05) is 11.9 Å². The van der Waals surface area contributed by atoms with Crippen molar-refractivity contribution < 1.29 is 9.53 Å². The summed E-state index contributed by atoms with van der Waals surface area (Å²) in [5, 5.41) is 6.32. The molecule has 1 atom stereocenters. The molecule has 0 aromatic heterocycles. The number of rotatable bonds is 9. The third-order valence-corrected chi connectivity index (χ3v) is 5.52. The second kappa shape index (κ2) is 10.0. The molecule has 0 unspecified atom stereocenters. The number of allylic oxidation sites excluding steroid dienone is 1. The van der Waals surface area contributed by atoms with Gasteiger partial charge in [-0.25, -0.2) is 0 Å². The first-order valence-corrected chi connectivity index (χ1v) is 10.5. The minimum atomic E-state index is -0.191. The number of amides is 1. The zero-order valence-corrected chi connectivity index (χ0v) is 17.4. The van der Waals surface area contributed by atoms with Gasteiger partial charge in [-0.05, 0) is 59.9 Å². The number of nitrogens with one attached hydrogen (secondary N) is 2. The van der Waals surface area contributed by atoms with Gasteiger partial charge in [0.05, 0.1) is 4.91 Å². The Balaban J connectivity index is 1.72. The van der Waals surface area contributed by atoms with Gasteiger partial charge in [-0.3, -0.25) is 4.79 Å². The minimum absolute atomic E-state index is 0.0741. The molecule has 5 heteroatoms. The molecule has 150 valence electrons. The molecule has 2 aromatic carbocycles. The number of hydrogen-bond acceptors (Lipinski definition) is 4. The van der Waals surface area contributed by atoms with E-state index in [9.17, 15) is 4.79 Å². The van der Waals surface area contributed by atoms with Crippen LogP contribution in [0.25, 0.3) is 6.08 Å². The standard InChI is InChI=1S/C24H26N2O2S/c1-4-7-19-15-18(10-13-21(19)28-14-5-2)16-22-23(27)26-24(29-22)25-20-11-8-17(6-3)9-12-20/h4-5,8-13,15-16,24-25H,1-2,6-7,14H2,3H3,(H,26,27)/b22-16-/t24-/m1/s1. The molecule has 0 aliphatic carbocycles. The minimum Gasteiger partial charge on any atom is -0.489 e. The normalized spacial score (nSPS) is 17.1. The maximum absolute atomic E-state index is 12.4. The highest BCUT2D eigenvalue weighted by atomic mass is 32.2. The highest BCUT2D eigenvalue weighted by Crippen LogP contribution is 2.31. The summed E-state index contributed by atoms with van der Waals surface area (Å²) in [5.41, 5.74) is 4.07. The largest absolute Gasteiger partial charge is 0.489 e. The third-order valence-electron chi connectivity index (χ3n) is 4.49. The number of anilines is 1. The van der Waals surface area contributed by atoms with Crippen LogP contribution in [0.5, 0.6) is 5.75 Å². The van der Waals surface area contributed by atoms with E-state index in [1.807, 2.05) is 42.5 Å². The third kappa shape index (κ3) is 5.55. The van der Waals surface area contributed by atoms with E-state index in [0.29, 0.717) is 17.9 Å². The zero-order chi connectivity index (χ0) is 20.6. The Morgan fingerprint density at radius 1 is 1.17 bits per heavy atom. The summed E-state index contributed by atoms with van der Waals surface area (Å²) in [6.07, 6.45) is 7.17. The maximum Gasteiger partial charge on any atom is 0.260 e. The van der Waals surface area contributed by atoms with E-state index in [4.69, 9.17) is 4.74 Å². The van der Waals surface area contributed by atoms with Gasteiger partial charge >= 0.3 is 0 Å². The molecule has 1 amide bonds. The molecule has 0 bridgehead atoms. The summed E-state index contributed by atoms with van der Waals surface area (Å²) in [5.74, 6) is 0.737. The Morgan fingerprint density at radius 3 is 2.66 bits per heavy atom. The fraction of sp³-hybridized carbons (Fsp3) is 0.208. The monoisotopic (exact) mass is 406 g/mol. The van der Waals surface area contributed by atoms with Crippen molar-refractivity contribution in [3.63, 3.8) is 0 Å². The lowest BCUT2D eigenvalue weighted by atomic mass is 10.1. The molecule has 1 aliphatic heterocycles. The van der Waals surface area contributed by atoms with Crippen LogP contribution < -0.4 is 15.4 Å². The van der Waals surface area contributed by atoms with E-state index >= 15 is 0 Å². The maximum atomic E-state index is 12.4. The first-order valence-electron chi connectivity index (χ1n) is 9.65. The summed E-state index contributed by atoms with van der Waals surface area (Å²) in [6.45, 7) is 10.1. The van der Waals surface area contributed by atoms with E-state index in [1.165, 1.54) is 17.3 Å². The molecule has 1 heterocycles. The molecule has 29 heavy (non-hydrogen) atoms. The molecule has 2 N–H and O–H groups in total. The molecule has 1 saturated heterocycles. The molecule has 0 saturated carbocycles. The van der Waals surface area contributed by atoms with E-state index in [-0.39, 0.29) is 11.4 Å². The number of benzene rings is 2. The van der Waals surface area contributed by atoms with Crippen molar-refractivity contribution in [1.29, 1.82) is 0 Å². The molecule has 1 aliphatic rings. The number of ether oxygens (including phenoxy) is 1. The van der Waals surface area contributed by atoms with Crippen LogP contribution >= 0.6 is 11.8 Å². The molecule has 3 rings (SSSR count). The molecule has 4 nitrogen and oxygen atoms in total. The summed E-state index contributed by atoms with van der Waals surface area (Å²) >= 11 is 1.48. The lowest BCUT2D eigenvalue weighted by molar-refractivity contribution is -0.116. The quantitative estimate of drug-likeness (QED) is 0.447. The highest BCUT2D eigenvalue weighted by molar-refractivity contribution is 8.05. The SMILES string of the molecule is C=CCOc1ccc(/C=C2\S[C@H](Nc3ccc(CC)cc3)NC2=O)cc1CC=C. The number of carbonyl (C=O) groups is 1. The summed E-state index contributed by atoms with van der Waals surface area (Å²) in [4.78, 5) is 13.1. The molecule has 0 radical (unpaired) electrons. The number of thioether (sulfide) groups is 1. The number of hydrogen-bond donors (Lipinski definition) is 2. The highest BCUT2D eigenvalue weighted by Gasteiger charge is 2.27. The van der Waals surface area contributed by atoms with Crippen molar-refractivity contribution >= 4 is 29.4 Å². The topological polar surface area (TPSA) is 50.4 Å². The average molecular weight is 407 g/mol. The van der Waals surface area contributed by atoms with Gasteiger partial charge in [-0.2, -0.15) is 0 Å². The van der Waals surface area contributed by atoms with Gasteiger partial charge in [0.25, 0.3) is 5.91 Å². The lowest BCUT2D eigenvalue weighted by Gasteiger charge is -2.13. The molecular weight excluding hydrogens is 380 g/mol. The van der Waals surface area contributed by atoms with Crippen molar-refractivity contribution in [2.24, 2.45) is 0 Å². The first-order chi connectivity index (χ1) is 14.1. The second-order valence-electron chi connectivity index (χ2n) is 6.63. The van der Waals surface area contributed by atoms with Crippen molar-refractivity contribution in [2.45, 2.75) is 25.3 Å². The fourth-order valence-electron chi connectivity index (χ4n) is 3.00. The van der Waals surface area contributed by atoms with Crippen LogP contribution in [0, 0.1) is 0 Å². The summed E-state index contributed by atoms with van der Waals surface area (Å²) in [6, 6.07) is 14.2. The van der Waals surface area contributed by atoms with Crippen LogP contribution in [-0.2, 0) is 17.6 Å². The average Bonchev–Trinajstić information content (AvgIpc) is 3.07. The predicted octanol–water partition coefficient (Wildman–Crippen LogP) is 5.14. The van der Waals surface area contributed by atoms with E-state index in [0.717, 1.165) is 29.0 Å². The first kappa shape index (κ1) is 20.8. The number of carbonyl (C=O) groups excluding carboxylic acids is 1. The Morgan fingerprint density at radius 2 is 1.97 bits per heavy atom. The van der Waals surface area contributed by atoms with Gasteiger partial charge in [0.1, 0.15) is 12.4 Å². The van der Waals surface area contributed by atoms with Crippen molar-refractivity contribution in [1.82, 2.24) is 5.32 Å². The molecular formula is C24H26N2O2S. The van der Waals surface area contributed by atoms with Gasteiger partial charge < -0.3 is 15.4 Å². The van der Waals surface area contributed by atoms with E-state index in [1.54, 1.807) is 6.08 Å². The lowest BCUT2D eigenvalue weighted by Crippen LogP contribution is -2.30. The van der Waals surface area contributed by atoms with Gasteiger partial charge in [0.15, 0.2) is 5.50 Å². The van der Waals surface area contributed by atoms with Crippen LogP contribution in [0.1, 0.15) is 23.6 Å². The van der Waals surface area contributed by atoms with Crippen LogP contribution in [0.3, 0.4) is 0 Å². The molecule has 0 spiro atoms. The van der Waals surface area contributed by atoms with Gasteiger partial charge in [0.2, 0.25) is 0 Å². The molecule has 2 aromatic rings. The van der Waals surface area contributed by atoms with Gasteiger partial charge in [-0.1, -0.05) is 55.6 Å². The van der Waals surface area contributed by atoms with Crippen LogP contribution in [-0.4, -0.2) is 18.0 Å². The summed E-state index contributed by atoms with van der Waals surface area (Å²) < 4.78 is 5.70. The van der Waals surface area contributed by atoms with E-state index < -0.39 is 0 Å². The van der Waals surface area contributed by atoms with Crippen molar-refractivity contribution in [3.8, 4) is 5.75 Å². The summed E-state index contributed by atoms with van der Waals surface area (Å²) in [7, 11) is 0. The van der Waals surface area contributed by atoms with Gasteiger partial charge in [0, 0.05) is 5.69 Å².